The molecule has 0 aliphatic rings. The first kappa shape index (κ1) is 12.3. The molecule has 6 nitrogen and oxygen atoms in total. The van der Waals surface area contributed by atoms with Gasteiger partial charge in [-0.3, -0.25) is 9.78 Å². The predicted molar refractivity (Wildman–Crippen MR) is 67.5 cm³/mol. The average Bonchev–Trinajstić information content (AvgIpc) is 2.82. The lowest BCUT2D eigenvalue weighted by Crippen LogP contribution is -2.21. The van der Waals surface area contributed by atoms with Crippen molar-refractivity contribution in [2.75, 3.05) is 11.9 Å². The summed E-state index contributed by atoms with van der Waals surface area (Å²) in [5, 5.41) is 10.9. The van der Waals surface area contributed by atoms with Crippen molar-refractivity contribution in [3.63, 3.8) is 0 Å². The minimum absolute atomic E-state index is 0.243. The zero-order valence-electron chi connectivity index (χ0n) is 10.4. The molecule has 0 aliphatic heterocycles. The van der Waals surface area contributed by atoms with E-state index in [1.165, 1.54) is 0 Å². The lowest BCUT2D eigenvalue weighted by molar-refractivity contribution is 0.517. The highest BCUT2D eigenvalue weighted by atomic mass is 16.3. The third-order valence-electron chi connectivity index (χ3n) is 2.36. The summed E-state index contributed by atoms with van der Waals surface area (Å²) in [4.78, 5) is 14.4. The van der Waals surface area contributed by atoms with Gasteiger partial charge in [-0.05, 0) is 18.1 Å². The SMILES string of the molecule is CC(C)CNc1nnc(Cc2ccco2)c(=O)[nH]1. The Labute approximate surface area is 104 Å². The molecule has 2 aromatic heterocycles. The quantitative estimate of drug-likeness (QED) is 0.836. The highest BCUT2D eigenvalue weighted by Crippen LogP contribution is 2.04. The zero-order chi connectivity index (χ0) is 13.0. The molecule has 0 aromatic carbocycles. The fourth-order valence-corrected chi connectivity index (χ4v) is 1.43. The zero-order valence-corrected chi connectivity index (χ0v) is 10.4. The van der Waals surface area contributed by atoms with E-state index in [9.17, 15) is 4.79 Å². The van der Waals surface area contributed by atoms with E-state index in [4.69, 9.17) is 4.42 Å². The van der Waals surface area contributed by atoms with Crippen LogP contribution in [0.1, 0.15) is 25.3 Å². The molecule has 0 radical (unpaired) electrons. The summed E-state index contributed by atoms with van der Waals surface area (Å²) in [7, 11) is 0. The minimum Gasteiger partial charge on any atom is -0.469 e. The van der Waals surface area contributed by atoms with Gasteiger partial charge in [-0.15, -0.1) is 10.2 Å². The first-order valence-electron chi connectivity index (χ1n) is 5.87. The first-order chi connectivity index (χ1) is 8.65. The van der Waals surface area contributed by atoms with Gasteiger partial charge in [-0.1, -0.05) is 13.8 Å². The Hall–Kier alpha value is -2.11. The largest absolute Gasteiger partial charge is 0.469 e. The highest BCUT2D eigenvalue weighted by Gasteiger charge is 2.07. The summed E-state index contributed by atoms with van der Waals surface area (Å²) in [6.07, 6.45) is 1.91. The Morgan fingerprint density at radius 2 is 2.28 bits per heavy atom. The molecule has 0 spiro atoms. The Morgan fingerprint density at radius 3 is 2.89 bits per heavy atom. The average molecular weight is 248 g/mol. The monoisotopic (exact) mass is 248 g/mol. The van der Waals surface area contributed by atoms with Crippen LogP contribution in [0, 0.1) is 5.92 Å². The Morgan fingerprint density at radius 1 is 1.44 bits per heavy atom. The fraction of sp³-hybridized carbons (Fsp3) is 0.417. The number of hydrogen-bond acceptors (Lipinski definition) is 5. The van der Waals surface area contributed by atoms with Gasteiger partial charge < -0.3 is 9.73 Å². The van der Waals surface area contributed by atoms with Crippen molar-refractivity contribution in [1.82, 2.24) is 15.2 Å². The maximum atomic E-state index is 11.8. The topological polar surface area (TPSA) is 83.8 Å². The van der Waals surface area contributed by atoms with Gasteiger partial charge in [0.05, 0.1) is 12.7 Å². The second kappa shape index (κ2) is 5.48. The molecule has 0 fully saturated rings. The molecular formula is C12H16N4O2. The summed E-state index contributed by atoms with van der Waals surface area (Å²) < 4.78 is 5.17. The van der Waals surface area contributed by atoms with Crippen LogP contribution >= 0.6 is 0 Å². The normalized spacial score (nSPS) is 10.8. The van der Waals surface area contributed by atoms with Crippen molar-refractivity contribution in [3.8, 4) is 0 Å². The third kappa shape index (κ3) is 3.19. The molecular weight excluding hydrogens is 232 g/mol. The molecule has 18 heavy (non-hydrogen) atoms. The van der Waals surface area contributed by atoms with Crippen molar-refractivity contribution >= 4 is 5.95 Å². The second-order valence-electron chi connectivity index (χ2n) is 4.48. The van der Waals surface area contributed by atoms with Gasteiger partial charge in [-0.25, -0.2) is 0 Å². The summed E-state index contributed by atoms with van der Waals surface area (Å²) >= 11 is 0. The summed E-state index contributed by atoms with van der Waals surface area (Å²) in [6.45, 7) is 4.88. The van der Waals surface area contributed by atoms with Crippen molar-refractivity contribution in [1.29, 1.82) is 0 Å². The van der Waals surface area contributed by atoms with Crippen molar-refractivity contribution in [2.45, 2.75) is 20.3 Å². The van der Waals surface area contributed by atoms with E-state index in [1.54, 1.807) is 18.4 Å². The van der Waals surface area contributed by atoms with Crippen molar-refractivity contribution in [2.24, 2.45) is 5.92 Å². The molecule has 2 heterocycles. The Balaban J connectivity index is 2.08. The lowest BCUT2D eigenvalue weighted by atomic mass is 10.2. The summed E-state index contributed by atoms with van der Waals surface area (Å²) in [5.74, 6) is 1.56. The third-order valence-corrected chi connectivity index (χ3v) is 2.36. The molecule has 0 saturated carbocycles. The molecule has 6 heteroatoms. The van der Waals surface area contributed by atoms with Crippen molar-refractivity contribution in [3.05, 3.63) is 40.2 Å². The fourth-order valence-electron chi connectivity index (χ4n) is 1.43. The van der Waals surface area contributed by atoms with E-state index in [0.29, 0.717) is 29.7 Å². The molecule has 0 aliphatic carbocycles. The van der Waals surface area contributed by atoms with Crippen LogP contribution in [0.25, 0.3) is 0 Å². The minimum atomic E-state index is -0.243. The van der Waals surface area contributed by atoms with Crippen LogP contribution in [0.15, 0.2) is 27.6 Å². The maximum Gasteiger partial charge on any atom is 0.274 e. The van der Waals surface area contributed by atoms with Crippen LogP contribution < -0.4 is 10.9 Å². The molecule has 2 rings (SSSR count). The number of furan rings is 1. The van der Waals surface area contributed by atoms with Gasteiger partial charge in [0.2, 0.25) is 5.95 Å². The van der Waals surface area contributed by atoms with E-state index < -0.39 is 0 Å². The molecule has 96 valence electrons. The lowest BCUT2D eigenvalue weighted by Gasteiger charge is -2.06. The van der Waals surface area contributed by atoms with Crippen LogP contribution in [0.5, 0.6) is 0 Å². The molecule has 2 N–H and O–H groups in total. The Kier molecular flexibility index (Phi) is 3.76. The molecule has 2 aromatic rings. The molecule has 0 amide bonds. The van der Waals surface area contributed by atoms with Gasteiger partial charge in [0, 0.05) is 6.54 Å². The van der Waals surface area contributed by atoms with E-state index in [2.05, 4.69) is 34.3 Å². The van der Waals surface area contributed by atoms with Gasteiger partial charge in [0.25, 0.3) is 5.56 Å². The van der Waals surface area contributed by atoms with E-state index in [1.807, 2.05) is 0 Å². The van der Waals surface area contributed by atoms with E-state index in [0.717, 1.165) is 6.54 Å². The van der Waals surface area contributed by atoms with Gasteiger partial charge >= 0.3 is 0 Å². The standard InChI is InChI=1S/C12H16N4O2/c1-8(2)7-13-12-14-11(17)10(15-16-12)6-9-4-3-5-18-9/h3-5,8H,6-7H2,1-2H3,(H2,13,14,16,17). The van der Waals surface area contributed by atoms with Crippen molar-refractivity contribution < 1.29 is 4.42 Å². The molecule has 0 saturated heterocycles. The molecule has 0 atom stereocenters. The van der Waals surface area contributed by atoms with Gasteiger partial charge in [0.1, 0.15) is 11.5 Å². The number of aromatic nitrogens is 3. The number of H-pyrrole nitrogens is 1. The van der Waals surface area contributed by atoms with E-state index in [-0.39, 0.29) is 5.56 Å². The summed E-state index contributed by atoms with van der Waals surface area (Å²) in [6, 6.07) is 3.57. The Bertz CT molecular complexity index is 545. The smallest absolute Gasteiger partial charge is 0.274 e. The number of nitrogens with one attached hydrogen (secondary N) is 2. The number of nitrogens with zero attached hydrogens (tertiary/aromatic N) is 2. The van der Waals surface area contributed by atoms with Gasteiger partial charge in [-0.2, -0.15) is 0 Å². The van der Waals surface area contributed by atoms with Gasteiger partial charge in [0.15, 0.2) is 0 Å². The summed E-state index contributed by atoms with van der Waals surface area (Å²) in [5.41, 5.74) is 0.104. The van der Waals surface area contributed by atoms with Crippen LogP contribution in [0.3, 0.4) is 0 Å². The maximum absolute atomic E-state index is 11.8. The van der Waals surface area contributed by atoms with Crippen LogP contribution in [-0.2, 0) is 6.42 Å². The highest BCUT2D eigenvalue weighted by molar-refractivity contribution is 5.22. The first-order valence-corrected chi connectivity index (χ1v) is 5.87. The number of aromatic amines is 1. The van der Waals surface area contributed by atoms with Crippen LogP contribution in [0.2, 0.25) is 0 Å². The predicted octanol–water partition coefficient (Wildman–Crippen LogP) is 1.42. The van der Waals surface area contributed by atoms with Crippen LogP contribution in [-0.4, -0.2) is 21.7 Å². The molecule has 0 bridgehead atoms. The number of hydrogen-bond donors (Lipinski definition) is 2. The number of rotatable bonds is 5. The number of anilines is 1. The van der Waals surface area contributed by atoms with Crippen LogP contribution in [0.4, 0.5) is 5.95 Å². The van der Waals surface area contributed by atoms with E-state index >= 15 is 0 Å². The second-order valence-corrected chi connectivity index (χ2v) is 4.48. The molecule has 0 unspecified atom stereocenters.